The van der Waals surface area contributed by atoms with Crippen molar-refractivity contribution in [3.05, 3.63) is 71.8 Å². The second-order valence-electron chi connectivity index (χ2n) is 5.98. The van der Waals surface area contributed by atoms with Crippen LogP contribution in [0.15, 0.2) is 54.6 Å². The van der Waals surface area contributed by atoms with Gasteiger partial charge in [-0.25, -0.2) is 8.78 Å². The van der Waals surface area contributed by atoms with Crippen molar-refractivity contribution in [3.63, 3.8) is 0 Å². The number of halogens is 2. The van der Waals surface area contributed by atoms with Crippen molar-refractivity contribution in [1.29, 1.82) is 0 Å². The summed E-state index contributed by atoms with van der Waals surface area (Å²) in [6.45, 7) is 2.21. The van der Waals surface area contributed by atoms with Crippen LogP contribution >= 0.6 is 0 Å². The molecule has 2 heteroatoms. The summed E-state index contributed by atoms with van der Waals surface area (Å²) in [7, 11) is 0. The van der Waals surface area contributed by atoms with E-state index in [2.05, 4.69) is 31.2 Å². The lowest BCUT2D eigenvalue weighted by Gasteiger charge is -2.07. The van der Waals surface area contributed by atoms with Crippen molar-refractivity contribution in [2.75, 3.05) is 0 Å². The Hall–Kier alpha value is -2.22. The second-order valence-corrected chi connectivity index (χ2v) is 5.98. The standard InChI is InChI=1S/C21H20F2/c1-2-3-4-5-15-6-8-16(9-7-15)17-10-11-18-13-20(22)21(23)14-19(18)12-17/h6-14H,2-5H2,1H3. The van der Waals surface area contributed by atoms with Crippen LogP contribution in [-0.2, 0) is 6.42 Å². The van der Waals surface area contributed by atoms with E-state index in [-0.39, 0.29) is 0 Å². The number of unbranched alkanes of at least 4 members (excludes halogenated alkanes) is 2. The molecule has 0 heterocycles. The minimum Gasteiger partial charge on any atom is -0.204 e. The maximum atomic E-state index is 13.4. The highest BCUT2D eigenvalue weighted by Gasteiger charge is 2.06. The second kappa shape index (κ2) is 6.91. The predicted molar refractivity (Wildman–Crippen MR) is 92.5 cm³/mol. The van der Waals surface area contributed by atoms with Crippen LogP contribution < -0.4 is 0 Å². The lowest BCUT2D eigenvalue weighted by Crippen LogP contribution is -1.87. The fourth-order valence-electron chi connectivity index (χ4n) is 2.86. The normalized spacial score (nSPS) is 11.1. The van der Waals surface area contributed by atoms with E-state index in [4.69, 9.17) is 0 Å². The maximum Gasteiger partial charge on any atom is 0.159 e. The molecule has 3 rings (SSSR count). The van der Waals surface area contributed by atoms with Crippen LogP contribution in [0.5, 0.6) is 0 Å². The third-order valence-corrected chi connectivity index (χ3v) is 4.24. The lowest BCUT2D eigenvalue weighted by atomic mass is 9.99. The Morgan fingerprint density at radius 1 is 0.696 bits per heavy atom. The number of hydrogen-bond acceptors (Lipinski definition) is 0. The Labute approximate surface area is 135 Å². The molecule has 0 aliphatic rings. The van der Waals surface area contributed by atoms with Gasteiger partial charge in [-0.15, -0.1) is 0 Å². The third-order valence-electron chi connectivity index (χ3n) is 4.24. The molecule has 0 aliphatic heterocycles. The number of aryl methyl sites for hydroxylation is 1. The summed E-state index contributed by atoms with van der Waals surface area (Å²) >= 11 is 0. The van der Waals surface area contributed by atoms with Crippen molar-refractivity contribution in [2.45, 2.75) is 32.6 Å². The van der Waals surface area contributed by atoms with Gasteiger partial charge in [-0.2, -0.15) is 0 Å². The van der Waals surface area contributed by atoms with Crippen molar-refractivity contribution < 1.29 is 8.78 Å². The molecule has 0 N–H and O–H groups in total. The van der Waals surface area contributed by atoms with Gasteiger partial charge in [0.05, 0.1) is 0 Å². The van der Waals surface area contributed by atoms with Crippen LogP contribution in [0, 0.1) is 11.6 Å². The number of benzene rings is 3. The first-order chi connectivity index (χ1) is 11.2. The quantitative estimate of drug-likeness (QED) is 0.471. The van der Waals surface area contributed by atoms with Crippen molar-refractivity contribution in [3.8, 4) is 11.1 Å². The molecular formula is C21H20F2. The smallest absolute Gasteiger partial charge is 0.159 e. The van der Waals surface area contributed by atoms with E-state index in [1.165, 1.54) is 37.0 Å². The van der Waals surface area contributed by atoms with Crippen LogP contribution in [0.4, 0.5) is 8.78 Å². The largest absolute Gasteiger partial charge is 0.204 e. The molecule has 0 spiro atoms. The minimum atomic E-state index is -0.805. The first kappa shape index (κ1) is 15.7. The van der Waals surface area contributed by atoms with Crippen LogP contribution in [0.1, 0.15) is 31.7 Å². The molecule has 0 aromatic heterocycles. The van der Waals surface area contributed by atoms with Gasteiger partial charge in [-0.1, -0.05) is 56.2 Å². The van der Waals surface area contributed by atoms with Gasteiger partial charge in [0.15, 0.2) is 11.6 Å². The topological polar surface area (TPSA) is 0 Å². The fourth-order valence-corrected chi connectivity index (χ4v) is 2.86. The van der Waals surface area contributed by atoms with Gasteiger partial charge in [0.2, 0.25) is 0 Å². The molecule has 0 saturated heterocycles. The average molecular weight is 310 g/mol. The summed E-state index contributed by atoms with van der Waals surface area (Å²) in [5, 5.41) is 1.43. The first-order valence-electron chi connectivity index (χ1n) is 8.15. The minimum absolute atomic E-state index is 0.712. The van der Waals surface area contributed by atoms with E-state index in [1.807, 2.05) is 18.2 Å². The Bertz CT molecular complexity index is 804. The zero-order valence-electron chi connectivity index (χ0n) is 13.3. The lowest BCUT2D eigenvalue weighted by molar-refractivity contribution is 0.511. The molecule has 0 nitrogen and oxygen atoms in total. The van der Waals surface area contributed by atoms with Gasteiger partial charge in [0.1, 0.15) is 0 Å². The van der Waals surface area contributed by atoms with Crippen LogP contribution in [0.25, 0.3) is 21.9 Å². The summed E-state index contributed by atoms with van der Waals surface area (Å²) < 4.78 is 26.7. The Kier molecular flexibility index (Phi) is 4.71. The van der Waals surface area contributed by atoms with E-state index in [0.29, 0.717) is 10.8 Å². The highest BCUT2D eigenvalue weighted by molar-refractivity contribution is 5.87. The zero-order chi connectivity index (χ0) is 16.2. The molecule has 0 saturated carbocycles. The van der Waals surface area contributed by atoms with Gasteiger partial charge in [0, 0.05) is 0 Å². The van der Waals surface area contributed by atoms with Crippen LogP contribution in [0.2, 0.25) is 0 Å². The molecule has 0 amide bonds. The monoisotopic (exact) mass is 310 g/mol. The first-order valence-corrected chi connectivity index (χ1v) is 8.15. The van der Waals surface area contributed by atoms with E-state index < -0.39 is 11.6 Å². The van der Waals surface area contributed by atoms with Gasteiger partial charge >= 0.3 is 0 Å². The van der Waals surface area contributed by atoms with Gasteiger partial charge in [-0.05, 0) is 58.5 Å². The van der Waals surface area contributed by atoms with Gasteiger partial charge in [0.25, 0.3) is 0 Å². The molecule has 23 heavy (non-hydrogen) atoms. The highest BCUT2D eigenvalue weighted by atomic mass is 19.2. The average Bonchev–Trinajstić information content (AvgIpc) is 2.56. The van der Waals surface area contributed by atoms with Crippen molar-refractivity contribution in [1.82, 2.24) is 0 Å². The molecule has 0 radical (unpaired) electrons. The molecule has 0 fully saturated rings. The van der Waals surface area contributed by atoms with Crippen LogP contribution in [0.3, 0.4) is 0 Å². The Balaban J connectivity index is 1.86. The van der Waals surface area contributed by atoms with Crippen LogP contribution in [-0.4, -0.2) is 0 Å². The fraction of sp³-hybridized carbons (Fsp3) is 0.238. The molecular weight excluding hydrogens is 290 g/mol. The number of fused-ring (bicyclic) bond motifs is 1. The number of rotatable bonds is 5. The maximum absolute atomic E-state index is 13.4. The summed E-state index contributed by atoms with van der Waals surface area (Å²) in [5.74, 6) is -1.61. The van der Waals surface area contributed by atoms with Gasteiger partial charge in [-0.3, -0.25) is 0 Å². The van der Waals surface area contributed by atoms with Crippen molar-refractivity contribution >= 4 is 10.8 Å². The van der Waals surface area contributed by atoms with E-state index >= 15 is 0 Å². The molecule has 118 valence electrons. The molecule has 0 unspecified atom stereocenters. The Morgan fingerprint density at radius 2 is 1.35 bits per heavy atom. The van der Waals surface area contributed by atoms with E-state index in [0.717, 1.165) is 17.5 Å². The molecule has 0 atom stereocenters. The van der Waals surface area contributed by atoms with E-state index in [1.54, 1.807) is 0 Å². The Morgan fingerprint density at radius 3 is 2.04 bits per heavy atom. The summed E-state index contributed by atoms with van der Waals surface area (Å²) in [6, 6.07) is 16.7. The molecule has 3 aromatic carbocycles. The highest BCUT2D eigenvalue weighted by Crippen LogP contribution is 2.26. The summed E-state index contributed by atoms with van der Waals surface area (Å²) in [5.41, 5.74) is 3.45. The van der Waals surface area contributed by atoms with Crippen molar-refractivity contribution in [2.24, 2.45) is 0 Å². The summed E-state index contributed by atoms with van der Waals surface area (Å²) in [4.78, 5) is 0. The molecule has 0 aliphatic carbocycles. The summed E-state index contributed by atoms with van der Waals surface area (Å²) in [6.07, 6.45) is 4.81. The molecule has 0 bridgehead atoms. The third kappa shape index (κ3) is 3.58. The SMILES string of the molecule is CCCCCc1ccc(-c2ccc3cc(F)c(F)cc3c2)cc1. The van der Waals surface area contributed by atoms with E-state index in [9.17, 15) is 8.78 Å². The number of hydrogen-bond donors (Lipinski definition) is 0. The predicted octanol–water partition coefficient (Wildman–Crippen LogP) is 6.52. The van der Waals surface area contributed by atoms with Gasteiger partial charge < -0.3 is 0 Å². The zero-order valence-corrected chi connectivity index (χ0v) is 13.3. The molecule has 3 aromatic rings.